The molecule has 4 rings (SSSR count). The average molecular weight is 431 g/mol. The molecule has 0 saturated heterocycles. The van der Waals surface area contributed by atoms with E-state index in [2.05, 4.69) is 25.6 Å². The molecule has 160 valence electrons. The standard InChI is InChI=1S/C20H26N6O3S/c1-8-5-13-15(10(3)22-8)25-19(30-13)14-9(2)23-20(21-4)26-18(14)24-12-6-11(7-27)16(28)17(12)29/h5,11-12,16-17,27-29H,6-7H2,1-4H3,(H2,21,23,24,26). The molecule has 10 heteroatoms. The molecule has 0 radical (unpaired) electrons. The predicted octanol–water partition coefficient (Wildman–Crippen LogP) is 1.63. The van der Waals surface area contributed by atoms with E-state index in [1.165, 1.54) is 0 Å². The van der Waals surface area contributed by atoms with Gasteiger partial charge in [0.05, 0.1) is 33.8 Å². The lowest BCUT2D eigenvalue weighted by molar-refractivity contribution is 0.00446. The second-order valence-corrected chi connectivity index (χ2v) is 8.76. The number of fused-ring (bicyclic) bond motifs is 1. The van der Waals surface area contributed by atoms with Gasteiger partial charge in [0.15, 0.2) is 0 Å². The highest BCUT2D eigenvalue weighted by atomic mass is 32.1. The van der Waals surface area contributed by atoms with Gasteiger partial charge >= 0.3 is 0 Å². The lowest BCUT2D eigenvalue weighted by Crippen LogP contribution is -2.35. The summed E-state index contributed by atoms with van der Waals surface area (Å²) in [5.41, 5.74) is 4.14. The number of hydrogen-bond acceptors (Lipinski definition) is 10. The summed E-state index contributed by atoms with van der Waals surface area (Å²) in [7, 11) is 1.74. The molecule has 4 atom stereocenters. The van der Waals surface area contributed by atoms with Crippen LogP contribution in [0.1, 0.15) is 23.5 Å². The number of rotatable bonds is 5. The van der Waals surface area contributed by atoms with E-state index in [9.17, 15) is 15.3 Å². The Morgan fingerprint density at radius 3 is 2.50 bits per heavy atom. The molecule has 1 saturated carbocycles. The average Bonchev–Trinajstić information content (AvgIpc) is 3.23. The van der Waals surface area contributed by atoms with Gasteiger partial charge < -0.3 is 26.0 Å². The first kappa shape index (κ1) is 20.9. The second kappa shape index (κ2) is 8.03. The van der Waals surface area contributed by atoms with E-state index in [1.807, 2.05) is 26.8 Å². The maximum atomic E-state index is 10.5. The van der Waals surface area contributed by atoms with Gasteiger partial charge in [-0.1, -0.05) is 0 Å². The van der Waals surface area contributed by atoms with Gasteiger partial charge in [0.2, 0.25) is 5.95 Å². The quantitative estimate of drug-likeness (QED) is 0.409. The third-order valence-electron chi connectivity index (χ3n) is 5.57. The highest BCUT2D eigenvalue weighted by molar-refractivity contribution is 7.21. The fraction of sp³-hybridized carbons (Fsp3) is 0.500. The molecule has 4 unspecified atom stereocenters. The molecule has 1 fully saturated rings. The topological polar surface area (TPSA) is 136 Å². The summed E-state index contributed by atoms with van der Waals surface area (Å²) in [4.78, 5) is 18.4. The molecular formula is C20H26N6O3S. The third-order valence-corrected chi connectivity index (χ3v) is 6.59. The van der Waals surface area contributed by atoms with Crippen LogP contribution in [0.2, 0.25) is 0 Å². The molecule has 5 N–H and O–H groups in total. The van der Waals surface area contributed by atoms with Crippen LogP contribution in [0.4, 0.5) is 11.8 Å². The van der Waals surface area contributed by atoms with Crippen molar-refractivity contribution in [1.29, 1.82) is 0 Å². The van der Waals surface area contributed by atoms with Gasteiger partial charge in [0.1, 0.15) is 22.4 Å². The molecule has 0 aromatic carbocycles. The predicted molar refractivity (Wildman–Crippen MR) is 117 cm³/mol. The van der Waals surface area contributed by atoms with Crippen LogP contribution in [0.5, 0.6) is 0 Å². The molecule has 3 aromatic heterocycles. The van der Waals surface area contributed by atoms with Crippen LogP contribution in [0.3, 0.4) is 0 Å². The van der Waals surface area contributed by atoms with Crippen molar-refractivity contribution in [1.82, 2.24) is 19.9 Å². The van der Waals surface area contributed by atoms with Gasteiger partial charge in [0, 0.05) is 25.3 Å². The zero-order valence-electron chi connectivity index (χ0n) is 17.3. The fourth-order valence-electron chi connectivity index (χ4n) is 4.00. The summed E-state index contributed by atoms with van der Waals surface area (Å²) >= 11 is 1.54. The second-order valence-electron chi connectivity index (χ2n) is 7.73. The van der Waals surface area contributed by atoms with Crippen LogP contribution in [-0.4, -0.2) is 67.2 Å². The normalized spacial score (nSPS) is 23.8. The zero-order chi connectivity index (χ0) is 21.6. The van der Waals surface area contributed by atoms with Crippen molar-refractivity contribution in [3.63, 3.8) is 0 Å². The number of aromatic nitrogens is 4. The molecule has 1 aliphatic rings. The first-order valence-electron chi connectivity index (χ1n) is 9.87. The fourth-order valence-corrected chi connectivity index (χ4v) is 5.22. The van der Waals surface area contributed by atoms with Crippen molar-refractivity contribution in [2.45, 2.75) is 45.4 Å². The summed E-state index contributed by atoms with van der Waals surface area (Å²) < 4.78 is 1.04. The van der Waals surface area contributed by atoms with Crippen LogP contribution in [0.15, 0.2) is 6.07 Å². The van der Waals surface area contributed by atoms with E-state index in [-0.39, 0.29) is 12.5 Å². The Kier molecular flexibility index (Phi) is 5.58. The van der Waals surface area contributed by atoms with E-state index in [0.29, 0.717) is 18.2 Å². The molecule has 9 nitrogen and oxygen atoms in total. The van der Waals surface area contributed by atoms with Gasteiger partial charge in [-0.15, -0.1) is 11.3 Å². The van der Waals surface area contributed by atoms with Gasteiger partial charge in [-0.3, -0.25) is 4.98 Å². The van der Waals surface area contributed by atoms with Gasteiger partial charge in [0.25, 0.3) is 0 Å². The minimum atomic E-state index is -1.01. The van der Waals surface area contributed by atoms with Crippen molar-refractivity contribution in [2.75, 3.05) is 24.3 Å². The summed E-state index contributed by atoms with van der Waals surface area (Å²) in [6.45, 7) is 5.61. The third kappa shape index (κ3) is 3.60. The van der Waals surface area contributed by atoms with Gasteiger partial charge in [-0.05, 0) is 33.3 Å². The number of aliphatic hydroxyl groups is 3. The SMILES string of the molecule is CNc1nc(C)c(-c2nc3c(C)nc(C)cc3s2)c(NC2CC(CO)C(O)C2O)n1. The highest BCUT2D eigenvalue weighted by Crippen LogP contribution is 2.38. The maximum absolute atomic E-state index is 10.5. The molecule has 0 spiro atoms. The van der Waals surface area contributed by atoms with Crippen molar-refractivity contribution >= 4 is 33.3 Å². The van der Waals surface area contributed by atoms with E-state index < -0.39 is 18.2 Å². The summed E-state index contributed by atoms with van der Waals surface area (Å²) in [6.07, 6.45) is -1.56. The van der Waals surface area contributed by atoms with Gasteiger partial charge in [-0.25, -0.2) is 9.97 Å². The molecule has 1 aliphatic carbocycles. The number of nitrogens with zero attached hydrogens (tertiary/aromatic N) is 4. The minimum Gasteiger partial charge on any atom is -0.396 e. The van der Waals surface area contributed by atoms with E-state index >= 15 is 0 Å². The first-order chi connectivity index (χ1) is 14.3. The number of anilines is 2. The van der Waals surface area contributed by atoms with Crippen LogP contribution in [0.25, 0.3) is 20.8 Å². The van der Waals surface area contributed by atoms with Crippen molar-refractivity contribution in [3.8, 4) is 10.6 Å². The Balaban J connectivity index is 1.80. The van der Waals surface area contributed by atoms with E-state index in [0.717, 1.165) is 37.9 Å². The monoisotopic (exact) mass is 430 g/mol. The van der Waals surface area contributed by atoms with Crippen molar-refractivity contribution in [3.05, 3.63) is 23.1 Å². The Labute approximate surface area is 178 Å². The Morgan fingerprint density at radius 2 is 1.83 bits per heavy atom. The largest absolute Gasteiger partial charge is 0.396 e. The highest BCUT2D eigenvalue weighted by Gasteiger charge is 2.41. The van der Waals surface area contributed by atoms with Crippen LogP contribution < -0.4 is 10.6 Å². The first-order valence-corrected chi connectivity index (χ1v) is 10.7. The molecule has 3 aromatic rings. The smallest absolute Gasteiger partial charge is 0.224 e. The lowest BCUT2D eigenvalue weighted by Gasteiger charge is -2.21. The van der Waals surface area contributed by atoms with Crippen molar-refractivity contribution < 1.29 is 15.3 Å². The number of pyridine rings is 1. The molecule has 0 aliphatic heterocycles. The molecule has 3 heterocycles. The van der Waals surface area contributed by atoms with Crippen LogP contribution in [-0.2, 0) is 0 Å². The minimum absolute atomic E-state index is 0.183. The molecule has 0 amide bonds. The Bertz CT molecular complexity index is 1090. The van der Waals surface area contributed by atoms with Crippen LogP contribution in [0, 0.1) is 26.7 Å². The molecule has 0 bridgehead atoms. The zero-order valence-corrected chi connectivity index (χ0v) is 18.2. The summed E-state index contributed by atoms with van der Waals surface area (Å²) in [5, 5.41) is 37.1. The summed E-state index contributed by atoms with van der Waals surface area (Å²) in [5.74, 6) is 0.593. The Morgan fingerprint density at radius 1 is 1.07 bits per heavy atom. The maximum Gasteiger partial charge on any atom is 0.224 e. The van der Waals surface area contributed by atoms with Crippen molar-refractivity contribution in [2.24, 2.45) is 5.92 Å². The van der Waals surface area contributed by atoms with E-state index in [1.54, 1.807) is 18.4 Å². The summed E-state index contributed by atoms with van der Waals surface area (Å²) in [6, 6.07) is 1.56. The Hall–Kier alpha value is -2.40. The number of nitrogens with one attached hydrogen (secondary N) is 2. The lowest BCUT2D eigenvalue weighted by atomic mass is 10.1. The molecule has 30 heavy (non-hydrogen) atoms. The number of thiazole rings is 1. The molecular weight excluding hydrogens is 404 g/mol. The van der Waals surface area contributed by atoms with Crippen LogP contribution >= 0.6 is 11.3 Å². The number of aliphatic hydroxyl groups excluding tert-OH is 3. The number of aryl methyl sites for hydroxylation is 3. The van der Waals surface area contributed by atoms with Gasteiger partial charge in [-0.2, -0.15) is 4.98 Å². The van der Waals surface area contributed by atoms with E-state index in [4.69, 9.17) is 4.98 Å². The number of hydrogen-bond donors (Lipinski definition) is 5.